The lowest BCUT2D eigenvalue weighted by Crippen LogP contribution is -2.45. The number of nitrogens with one attached hydrogen (secondary N) is 1. The van der Waals surface area contributed by atoms with Gasteiger partial charge in [-0.25, -0.2) is 4.79 Å². The zero-order chi connectivity index (χ0) is 12.2. The number of likely N-dealkylation sites (tertiary alicyclic amines) is 1. The number of methoxy groups -OCH3 is 1. The first-order valence-electron chi connectivity index (χ1n) is 5.96. The highest BCUT2D eigenvalue weighted by Gasteiger charge is 2.32. The van der Waals surface area contributed by atoms with Gasteiger partial charge in [0.05, 0.1) is 7.11 Å². The minimum Gasteiger partial charge on any atom is -0.453 e. The molecule has 1 heterocycles. The van der Waals surface area contributed by atoms with Crippen molar-refractivity contribution in [2.75, 3.05) is 33.8 Å². The molecule has 0 bridgehead atoms. The number of hydrogen-bond acceptors (Lipinski definition) is 3. The largest absolute Gasteiger partial charge is 0.453 e. The Hall–Kier alpha value is -0.770. The molecule has 0 aliphatic carbocycles. The summed E-state index contributed by atoms with van der Waals surface area (Å²) in [5, 5.41) is 2.81. The van der Waals surface area contributed by atoms with Crippen LogP contribution in [0.15, 0.2) is 0 Å². The molecule has 1 atom stereocenters. The summed E-state index contributed by atoms with van der Waals surface area (Å²) in [6.07, 6.45) is 2.17. The van der Waals surface area contributed by atoms with Crippen LogP contribution >= 0.6 is 0 Å². The normalized spacial score (nSPS) is 22.9. The molecule has 0 spiro atoms. The van der Waals surface area contributed by atoms with Crippen molar-refractivity contribution < 1.29 is 9.53 Å². The first kappa shape index (κ1) is 13.3. The Morgan fingerprint density at radius 1 is 1.56 bits per heavy atom. The maximum Gasteiger partial charge on any atom is 0.406 e. The molecule has 1 saturated heterocycles. The van der Waals surface area contributed by atoms with Crippen LogP contribution in [0.1, 0.15) is 26.7 Å². The molecule has 0 saturated carbocycles. The van der Waals surface area contributed by atoms with Crippen molar-refractivity contribution in [2.24, 2.45) is 11.3 Å². The second-order valence-electron chi connectivity index (χ2n) is 5.44. The van der Waals surface area contributed by atoms with Crippen LogP contribution in [0.4, 0.5) is 4.79 Å². The number of carbonyl (C=O) groups excluding carboxylic acids is 1. The van der Waals surface area contributed by atoms with Gasteiger partial charge in [0.15, 0.2) is 0 Å². The number of ether oxygens (including phenoxy) is 1. The van der Waals surface area contributed by atoms with Crippen LogP contribution in [-0.4, -0.2) is 44.8 Å². The summed E-state index contributed by atoms with van der Waals surface area (Å²) in [7, 11) is 3.56. The highest BCUT2D eigenvalue weighted by molar-refractivity contribution is 5.66. The van der Waals surface area contributed by atoms with E-state index in [4.69, 9.17) is 0 Å². The van der Waals surface area contributed by atoms with E-state index >= 15 is 0 Å². The molecule has 1 aliphatic rings. The van der Waals surface area contributed by atoms with Crippen molar-refractivity contribution >= 4 is 6.09 Å². The van der Waals surface area contributed by atoms with Crippen LogP contribution in [-0.2, 0) is 4.74 Å². The molecule has 4 nitrogen and oxygen atoms in total. The van der Waals surface area contributed by atoms with E-state index < -0.39 is 0 Å². The minimum absolute atomic E-state index is 0.128. The van der Waals surface area contributed by atoms with E-state index in [1.807, 2.05) is 0 Å². The Morgan fingerprint density at radius 2 is 2.25 bits per heavy atom. The minimum atomic E-state index is -0.336. The average Bonchev–Trinajstić information content (AvgIpc) is 2.26. The third kappa shape index (κ3) is 3.67. The van der Waals surface area contributed by atoms with Crippen LogP contribution in [0.25, 0.3) is 0 Å². The lowest BCUT2D eigenvalue weighted by Gasteiger charge is -2.40. The molecular formula is C12H24N2O2. The highest BCUT2D eigenvalue weighted by Crippen LogP contribution is 2.32. The standard InChI is InChI=1S/C12H24N2O2/c1-12(2,9-13-11(15)16-4)10-6-5-7-14(3)8-10/h10H,5-9H2,1-4H3,(H,13,15). The molecular weight excluding hydrogens is 204 g/mol. The molecule has 1 unspecified atom stereocenters. The number of piperidine rings is 1. The number of alkyl carbamates (subject to hydrolysis) is 1. The molecule has 0 radical (unpaired) electrons. The van der Waals surface area contributed by atoms with Crippen molar-refractivity contribution in [2.45, 2.75) is 26.7 Å². The first-order chi connectivity index (χ1) is 7.45. The van der Waals surface area contributed by atoms with Gasteiger partial charge in [0, 0.05) is 13.1 Å². The van der Waals surface area contributed by atoms with Gasteiger partial charge in [-0.05, 0) is 37.8 Å². The van der Waals surface area contributed by atoms with Crippen molar-refractivity contribution in [3.63, 3.8) is 0 Å². The molecule has 4 heteroatoms. The Morgan fingerprint density at radius 3 is 2.81 bits per heavy atom. The molecule has 1 rings (SSSR count). The number of rotatable bonds is 3. The van der Waals surface area contributed by atoms with E-state index in [0.29, 0.717) is 12.5 Å². The third-order valence-electron chi connectivity index (χ3n) is 3.60. The molecule has 1 fully saturated rings. The van der Waals surface area contributed by atoms with Gasteiger partial charge in [-0.3, -0.25) is 0 Å². The summed E-state index contributed by atoms with van der Waals surface area (Å²) in [5.74, 6) is 0.642. The van der Waals surface area contributed by atoms with Crippen LogP contribution in [0.2, 0.25) is 0 Å². The van der Waals surface area contributed by atoms with Crippen molar-refractivity contribution in [1.82, 2.24) is 10.2 Å². The Balaban J connectivity index is 2.45. The van der Waals surface area contributed by atoms with Crippen LogP contribution in [0.5, 0.6) is 0 Å². The topological polar surface area (TPSA) is 41.6 Å². The van der Waals surface area contributed by atoms with Crippen molar-refractivity contribution in [1.29, 1.82) is 0 Å². The monoisotopic (exact) mass is 228 g/mol. The quantitative estimate of drug-likeness (QED) is 0.799. The molecule has 1 aliphatic heterocycles. The summed E-state index contributed by atoms with van der Waals surface area (Å²) in [6, 6.07) is 0. The second kappa shape index (κ2) is 5.53. The van der Waals surface area contributed by atoms with E-state index in [1.165, 1.54) is 26.5 Å². The van der Waals surface area contributed by atoms with Gasteiger partial charge >= 0.3 is 6.09 Å². The molecule has 0 aromatic rings. The molecule has 16 heavy (non-hydrogen) atoms. The van der Waals surface area contributed by atoms with Gasteiger partial charge < -0.3 is 15.0 Å². The number of amides is 1. The van der Waals surface area contributed by atoms with Crippen LogP contribution in [0, 0.1) is 11.3 Å². The summed E-state index contributed by atoms with van der Waals surface area (Å²) in [6.45, 7) is 7.42. The van der Waals surface area contributed by atoms with Gasteiger partial charge in [0.25, 0.3) is 0 Å². The Bertz CT molecular complexity index is 241. The fourth-order valence-corrected chi connectivity index (χ4v) is 2.32. The molecule has 1 amide bonds. The summed E-state index contributed by atoms with van der Waals surface area (Å²) in [4.78, 5) is 13.4. The van der Waals surface area contributed by atoms with Gasteiger partial charge in [-0.1, -0.05) is 13.8 Å². The van der Waals surface area contributed by atoms with Crippen LogP contribution in [0.3, 0.4) is 0 Å². The molecule has 94 valence electrons. The average molecular weight is 228 g/mol. The first-order valence-corrected chi connectivity index (χ1v) is 5.96. The third-order valence-corrected chi connectivity index (χ3v) is 3.60. The van der Waals surface area contributed by atoms with E-state index in [9.17, 15) is 4.79 Å². The lowest BCUT2D eigenvalue weighted by molar-refractivity contribution is 0.0989. The fraction of sp³-hybridized carbons (Fsp3) is 0.917. The molecule has 0 aromatic heterocycles. The number of carbonyl (C=O) groups is 1. The predicted octanol–water partition coefficient (Wildman–Crippen LogP) is 1.71. The predicted molar refractivity (Wildman–Crippen MR) is 64.4 cm³/mol. The van der Waals surface area contributed by atoms with Gasteiger partial charge in [0.1, 0.15) is 0 Å². The zero-order valence-electron chi connectivity index (χ0n) is 10.9. The van der Waals surface area contributed by atoms with Crippen molar-refractivity contribution in [3.8, 4) is 0 Å². The second-order valence-corrected chi connectivity index (χ2v) is 5.44. The molecule has 0 aromatic carbocycles. The Kier molecular flexibility index (Phi) is 4.59. The van der Waals surface area contributed by atoms with E-state index in [0.717, 1.165) is 6.54 Å². The summed E-state index contributed by atoms with van der Waals surface area (Å²) < 4.78 is 4.59. The number of hydrogen-bond donors (Lipinski definition) is 1. The van der Waals surface area contributed by atoms with Gasteiger partial charge in [0.2, 0.25) is 0 Å². The fourth-order valence-electron chi connectivity index (χ4n) is 2.32. The zero-order valence-corrected chi connectivity index (χ0v) is 10.9. The van der Waals surface area contributed by atoms with Gasteiger partial charge in [-0.15, -0.1) is 0 Å². The smallest absolute Gasteiger partial charge is 0.406 e. The number of nitrogens with zero attached hydrogens (tertiary/aromatic N) is 1. The maximum absolute atomic E-state index is 11.1. The SMILES string of the molecule is COC(=O)NCC(C)(C)C1CCCN(C)C1. The van der Waals surface area contributed by atoms with Gasteiger partial charge in [-0.2, -0.15) is 0 Å². The summed E-state index contributed by atoms with van der Waals surface area (Å²) in [5.41, 5.74) is 0.128. The molecule has 1 N–H and O–H groups in total. The van der Waals surface area contributed by atoms with E-state index in [1.54, 1.807) is 0 Å². The Labute approximate surface area is 98.3 Å². The van der Waals surface area contributed by atoms with E-state index in [2.05, 4.69) is 35.8 Å². The maximum atomic E-state index is 11.1. The van der Waals surface area contributed by atoms with E-state index in [-0.39, 0.29) is 11.5 Å². The lowest BCUT2D eigenvalue weighted by atomic mass is 9.74. The summed E-state index contributed by atoms with van der Waals surface area (Å²) >= 11 is 0. The highest BCUT2D eigenvalue weighted by atomic mass is 16.5. The van der Waals surface area contributed by atoms with Crippen LogP contribution < -0.4 is 5.32 Å². The van der Waals surface area contributed by atoms with Crippen molar-refractivity contribution in [3.05, 3.63) is 0 Å².